The van der Waals surface area contributed by atoms with E-state index in [4.69, 9.17) is 4.74 Å². The van der Waals surface area contributed by atoms with Gasteiger partial charge in [-0.25, -0.2) is 0 Å². The van der Waals surface area contributed by atoms with Crippen LogP contribution in [0.2, 0.25) is 0 Å². The molecule has 20 heavy (non-hydrogen) atoms. The summed E-state index contributed by atoms with van der Waals surface area (Å²) in [5, 5.41) is 10.2. The first-order valence-corrected chi connectivity index (χ1v) is 7.15. The third kappa shape index (κ3) is 4.39. The average Bonchev–Trinajstić information content (AvgIpc) is 2.52. The summed E-state index contributed by atoms with van der Waals surface area (Å²) in [5.41, 5.74) is 2.30. The minimum absolute atomic E-state index is 0.402. The number of rotatable bonds is 7. The Kier molecular flexibility index (Phi) is 5.63. The second-order valence-electron chi connectivity index (χ2n) is 5.02. The molecule has 2 heteroatoms. The topological polar surface area (TPSA) is 29.5 Å². The summed E-state index contributed by atoms with van der Waals surface area (Å²) in [6, 6.07) is 18.1. The van der Waals surface area contributed by atoms with Crippen molar-refractivity contribution in [1.82, 2.24) is 0 Å². The summed E-state index contributed by atoms with van der Waals surface area (Å²) in [4.78, 5) is 0. The van der Waals surface area contributed by atoms with E-state index in [9.17, 15) is 5.11 Å². The second-order valence-corrected chi connectivity index (χ2v) is 5.02. The molecule has 0 radical (unpaired) electrons. The number of aryl methyl sites for hydroxylation is 1. The Morgan fingerprint density at radius 3 is 2.55 bits per heavy atom. The summed E-state index contributed by atoms with van der Waals surface area (Å²) in [6.07, 6.45) is 3.59. The van der Waals surface area contributed by atoms with Gasteiger partial charge >= 0.3 is 0 Å². The van der Waals surface area contributed by atoms with Gasteiger partial charge in [-0.1, -0.05) is 48.9 Å². The maximum absolute atomic E-state index is 10.2. The molecule has 1 atom stereocenters. The highest BCUT2D eigenvalue weighted by atomic mass is 16.5. The van der Waals surface area contributed by atoms with Crippen molar-refractivity contribution in [2.75, 3.05) is 7.11 Å². The fourth-order valence-corrected chi connectivity index (χ4v) is 2.33. The molecule has 2 aromatic rings. The molecule has 0 bridgehead atoms. The van der Waals surface area contributed by atoms with Crippen molar-refractivity contribution in [2.24, 2.45) is 0 Å². The fraction of sp³-hybridized carbons (Fsp3) is 0.333. The zero-order valence-electron chi connectivity index (χ0n) is 12.0. The van der Waals surface area contributed by atoms with Crippen LogP contribution in [-0.4, -0.2) is 12.2 Å². The first-order valence-electron chi connectivity index (χ1n) is 7.15. The molecule has 1 N–H and O–H groups in total. The molecule has 0 aliphatic carbocycles. The highest BCUT2D eigenvalue weighted by Gasteiger charge is 2.08. The third-order valence-electron chi connectivity index (χ3n) is 3.51. The van der Waals surface area contributed by atoms with Crippen molar-refractivity contribution in [2.45, 2.75) is 31.8 Å². The van der Waals surface area contributed by atoms with Crippen LogP contribution in [0.3, 0.4) is 0 Å². The molecule has 2 nitrogen and oxygen atoms in total. The largest absolute Gasteiger partial charge is 0.497 e. The summed E-state index contributed by atoms with van der Waals surface area (Å²) in [6.45, 7) is 0. The van der Waals surface area contributed by atoms with Crippen LogP contribution >= 0.6 is 0 Å². The van der Waals surface area contributed by atoms with Crippen LogP contribution in [0, 0.1) is 0 Å². The first kappa shape index (κ1) is 14.6. The number of methoxy groups -OCH3 is 1. The maximum atomic E-state index is 10.2. The molecule has 0 unspecified atom stereocenters. The van der Waals surface area contributed by atoms with E-state index in [1.165, 1.54) is 5.56 Å². The predicted octanol–water partition coefficient (Wildman–Crippen LogP) is 4.14. The lowest BCUT2D eigenvalue weighted by atomic mass is 10.0. The molecule has 0 amide bonds. The van der Waals surface area contributed by atoms with Gasteiger partial charge in [-0.05, 0) is 42.5 Å². The molecule has 0 spiro atoms. The first-order chi connectivity index (χ1) is 9.79. The van der Waals surface area contributed by atoms with Gasteiger partial charge in [0.1, 0.15) is 5.75 Å². The van der Waals surface area contributed by atoms with Crippen LogP contribution in [0.5, 0.6) is 5.75 Å². The van der Waals surface area contributed by atoms with Crippen LogP contribution in [0.25, 0.3) is 0 Å². The van der Waals surface area contributed by atoms with Crippen LogP contribution in [0.4, 0.5) is 0 Å². The summed E-state index contributed by atoms with van der Waals surface area (Å²) in [5.74, 6) is 0.797. The lowest BCUT2D eigenvalue weighted by molar-refractivity contribution is 0.163. The van der Waals surface area contributed by atoms with Gasteiger partial charge in [0, 0.05) is 0 Å². The average molecular weight is 270 g/mol. The minimum Gasteiger partial charge on any atom is -0.497 e. The molecule has 2 rings (SSSR count). The standard InChI is InChI=1S/C18H22O2/c1-20-17-12-7-11-16(14-17)18(19)13-6-5-10-15-8-3-2-4-9-15/h2-4,7-9,11-12,14,18-19H,5-6,10,13H2,1H3/t18-/m0/s1. The van der Waals surface area contributed by atoms with Crippen LogP contribution < -0.4 is 4.74 Å². The molecule has 0 heterocycles. The molecule has 0 saturated heterocycles. The quantitative estimate of drug-likeness (QED) is 0.766. The number of ether oxygens (including phenoxy) is 1. The van der Waals surface area contributed by atoms with Gasteiger partial charge in [0.2, 0.25) is 0 Å². The van der Waals surface area contributed by atoms with Crippen molar-refractivity contribution in [3.8, 4) is 5.75 Å². The van der Waals surface area contributed by atoms with Crippen molar-refractivity contribution < 1.29 is 9.84 Å². The van der Waals surface area contributed by atoms with E-state index in [2.05, 4.69) is 24.3 Å². The third-order valence-corrected chi connectivity index (χ3v) is 3.51. The SMILES string of the molecule is COc1cccc([C@@H](O)CCCCc2ccccc2)c1. The molecule has 0 saturated carbocycles. The van der Waals surface area contributed by atoms with Gasteiger partial charge in [-0.2, -0.15) is 0 Å². The number of aliphatic hydroxyl groups excluding tert-OH is 1. The molecular formula is C18H22O2. The van der Waals surface area contributed by atoms with E-state index < -0.39 is 6.10 Å². The number of hydrogen-bond acceptors (Lipinski definition) is 2. The van der Waals surface area contributed by atoms with Crippen molar-refractivity contribution in [3.63, 3.8) is 0 Å². The van der Waals surface area contributed by atoms with Gasteiger partial charge in [0.25, 0.3) is 0 Å². The van der Waals surface area contributed by atoms with Gasteiger partial charge < -0.3 is 9.84 Å². The van der Waals surface area contributed by atoms with Gasteiger partial charge in [-0.15, -0.1) is 0 Å². The van der Waals surface area contributed by atoms with Crippen LogP contribution in [-0.2, 0) is 6.42 Å². The Morgan fingerprint density at radius 2 is 1.80 bits per heavy atom. The molecule has 2 aromatic carbocycles. The van der Waals surface area contributed by atoms with E-state index in [1.807, 2.05) is 30.3 Å². The Morgan fingerprint density at radius 1 is 1.00 bits per heavy atom. The summed E-state index contributed by atoms with van der Waals surface area (Å²) >= 11 is 0. The monoisotopic (exact) mass is 270 g/mol. The Balaban J connectivity index is 1.76. The lowest BCUT2D eigenvalue weighted by Gasteiger charge is -2.12. The second kappa shape index (κ2) is 7.71. The smallest absolute Gasteiger partial charge is 0.119 e. The molecule has 0 fully saturated rings. The fourth-order valence-electron chi connectivity index (χ4n) is 2.33. The number of aliphatic hydroxyl groups is 1. The lowest BCUT2D eigenvalue weighted by Crippen LogP contribution is -1.98. The molecule has 0 aromatic heterocycles. The minimum atomic E-state index is -0.402. The van der Waals surface area contributed by atoms with E-state index in [1.54, 1.807) is 7.11 Å². The predicted molar refractivity (Wildman–Crippen MR) is 82.0 cm³/mol. The van der Waals surface area contributed by atoms with Gasteiger partial charge in [0.15, 0.2) is 0 Å². The maximum Gasteiger partial charge on any atom is 0.119 e. The number of benzene rings is 2. The molecule has 0 aliphatic heterocycles. The van der Waals surface area contributed by atoms with E-state index in [0.717, 1.165) is 37.0 Å². The van der Waals surface area contributed by atoms with Crippen LogP contribution in [0.1, 0.15) is 36.5 Å². The van der Waals surface area contributed by atoms with E-state index in [-0.39, 0.29) is 0 Å². The Hall–Kier alpha value is -1.80. The highest BCUT2D eigenvalue weighted by Crippen LogP contribution is 2.23. The van der Waals surface area contributed by atoms with Crippen LogP contribution in [0.15, 0.2) is 54.6 Å². The Bertz CT molecular complexity index is 508. The van der Waals surface area contributed by atoms with Gasteiger partial charge in [0.05, 0.1) is 13.2 Å². The zero-order valence-corrected chi connectivity index (χ0v) is 12.0. The molecule has 106 valence electrons. The van der Waals surface area contributed by atoms with Crippen molar-refractivity contribution in [1.29, 1.82) is 0 Å². The number of unbranched alkanes of at least 4 members (excludes halogenated alkanes) is 1. The highest BCUT2D eigenvalue weighted by molar-refractivity contribution is 5.29. The molecular weight excluding hydrogens is 248 g/mol. The van der Waals surface area contributed by atoms with E-state index in [0.29, 0.717) is 0 Å². The van der Waals surface area contributed by atoms with Crippen molar-refractivity contribution in [3.05, 3.63) is 65.7 Å². The van der Waals surface area contributed by atoms with E-state index >= 15 is 0 Å². The Labute approximate surface area is 121 Å². The zero-order chi connectivity index (χ0) is 14.2. The molecule has 0 aliphatic rings. The summed E-state index contributed by atoms with van der Waals surface area (Å²) < 4.78 is 5.18. The van der Waals surface area contributed by atoms with Gasteiger partial charge in [-0.3, -0.25) is 0 Å². The van der Waals surface area contributed by atoms with Crippen molar-refractivity contribution >= 4 is 0 Å². The summed E-state index contributed by atoms with van der Waals surface area (Å²) in [7, 11) is 1.64. The normalized spacial score (nSPS) is 12.1. The number of hydrogen-bond donors (Lipinski definition) is 1.